The van der Waals surface area contributed by atoms with E-state index in [1.54, 1.807) is 6.07 Å². The lowest BCUT2D eigenvalue weighted by molar-refractivity contribution is 0.0600. The summed E-state index contributed by atoms with van der Waals surface area (Å²) >= 11 is 0. The Morgan fingerprint density at radius 3 is 2.94 bits per heavy atom. The predicted molar refractivity (Wildman–Crippen MR) is 65.3 cm³/mol. The molecule has 2 rings (SSSR count). The van der Waals surface area contributed by atoms with Gasteiger partial charge in [-0.3, -0.25) is 0 Å². The fourth-order valence-electron chi connectivity index (χ4n) is 1.98. The van der Waals surface area contributed by atoms with E-state index in [1.165, 1.54) is 12.7 Å². The molecule has 1 aliphatic heterocycles. The summed E-state index contributed by atoms with van der Waals surface area (Å²) in [6.07, 6.45) is 1.14. The molecule has 0 aromatic heterocycles. The third-order valence-electron chi connectivity index (χ3n) is 2.84. The SMILES string of the molecule is COC(=O)c1cccc([C@@H]2CCNC2)c1.Cl. The summed E-state index contributed by atoms with van der Waals surface area (Å²) in [6, 6.07) is 7.71. The van der Waals surface area contributed by atoms with Crippen LogP contribution in [0.15, 0.2) is 24.3 Å². The molecule has 16 heavy (non-hydrogen) atoms. The molecule has 0 saturated carbocycles. The maximum atomic E-state index is 11.3. The van der Waals surface area contributed by atoms with Crippen molar-refractivity contribution in [1.82, 2.24) is 5.32 Å². The van der Waals surface area contributed by atoms with Gasteiger partial charge in [-0.15, -0.1) is 12.4 Å². The van der Waals surface area contributed by atoms with E-state index in [9.17, 15) is 4.79 Å². The molecule has 0 unspecified atom stereocenters. The highest BCUT2D eigenvalue weighted by atomic mass is 35.5. The van der Waals surface area contributed by atoms with E-state index in [0.29, 0.717) is 11.5 Å². The first-order valence-corrected chi connectivity index (χ1v) is 5.20. The van der Waals surface area contributed by atoms with Crippen molar-refractivity contribution in [3.63, 3.8) is 0 Å². The van der Waals surface area contributed by atoms with Crippen LogP contribution in [0.4, 0.5) is 0 Å². The second-order valence-corrected chi connectivity index (χ2v) is 3.81. The molecule has 0 spiro atoms. The second-order valence-electron chi connectivity index (χ2n) is 3.81. The number of rotatable bonds is 2. The normalized spacial score (nSPS) is 18.9. The Balaban J connectivity index is 0.00000128. The Kier molecular flexibility index (Phi) is 4.77. The maximum absolute atomic E-state index is 11.3. The summed E-state index contributed by atoms with van der Waals surface area (Å²) in [6.45, 7) is 2.07. The minimum Gasteiger partial charge on any atom is -0.465 e. The topological polar surface area (TPSA) is 38.3 Å². The average molecular weight is 242 g/mol. The second kappa shape index (κ2) is 5.87. The van der Waals surface area contributed by atoms with E-state index in [0.717, 1.165) is 19.5 Å². The molecule has 1 N–H and O–H groups in total. The summed E-state index contributed by atoms with van der Waals surface area (Å²) in [5, 5.41) is 3.32. The summed E-state index contributed by atoms with van der Waals surface area (Å²) in [4.78, 5) is 11.3. The van der Waals surface area contributed by atoms with Crippen LogP contribution in [0.25, 0.3) is 0 Å². The highest BCUT2D eigenvalue weighted by Gasteiger charge is 2.17. The molecule has 3 nitrogen and oxygen atoms in total. The lowest BCUT2D eigenvalue weighted by Gasteiger charge is -2.09. The van der Waals surface area contributed by atoms with Crippen LogP contribution in [0.3, 0.4) is 0 Å². The molecule has 1 aliphatic rings. The third-order valence-corrected chi connectivity index (χ3v) is 2.84. The highest BCUT2D eigenvalue weighted by Crippen LogP contribution is 2.23. The number of hydrogen-bond acceptors (Lipinski definition) is 3. The monoisotopic (exact) mass is 241 g/mol. The molecular formula is C12H16ClNO2. The first-order valence-electron chi connectivity index (χ1n) is 5.20. The standard InChI is InChI=1S/C12H15NO2.ClH/c1-15-12(14)10-4-2-3-9(7-10)11-5-6-13-8-11;/h2-4,7,11,13H,5-6,8H2,1H3;1H/t11-;/m1./s1. The van der Waals surface area contributed by atoms with Crippen LogP contribution in [0, 0.1) is 0 Å². The Morgan fingerprint density at radius 2 is 2.31 bits per heavy atom. The average Bonchev–Trinajstić information content (AvgIpc) is 2.82. The highest BCUT2D eigenvalue weighted by molar-refractivity contribution is 5.89. The van der Waals surface area contributed by atoms with E-state index in [1.807, 2.05) is 12.1 Å². The molecule has 0 amide bonds. The van der Waals surface area contributed by atoms with Crippen LogP contribution in [0.5, 0.6) is 0 Å². The van der Waals surface area contributed by atoms with Gasteiger partial charge in [0.15, 0.2) is 0 Å². The zero-order chi connectivity index (χ0) is 10.7. The number of halogens is 1. The number of carbonyl (C=O) groups excluding carboxylic acids is 1. The van der Waals surface area contributed by atoms with Gasteiger partial charge in [-0.25, -0.2) is 4.79 Å². The van der Waals surface area contributed by atoms with E-state index < -0.39 is 0 Å². The fraction of sp³-hybridized carbons (Fsp3) is 0.417. The molecule has 1 heterocycles. The first kappa shape index (κ1) is 13.0. The molecule has 1 atom stereocenters. The quantitative estimate of drug-likeness (QED) is 0.805. The lowest BCUT2D eigenvalue weighted by atomic mass is 9.97. The van der Waals surface area contributed by atoms with Gasteiger partial charge in [0.2, 0.25) is 0 Å². The summed E-state index contributed by atoms with van der Waals surface area (Å²) < 4.78 is 4.70. The number of nitrogens with one attached hydrogen (secondary N) is 1. The Labute approximate surface area is 102 Å². The Morgan fingerprint density at radius 1 is 1.50 bits per heavy atom. The summed E-state index contributed by atoms with van der Waals surface area (Å²) in [7, 11) is 1.41. The van der Waals surface area contributed by atoms with Gasteiger partial charge in [-0.2, -0.15) is 0 Å². The van der Waals surface area contributed by atoms with Gasteiger partial charge in [0, 0.05) is 6.54 Å². The largest absolute Gasteiger partial charge is 0.465 e. The lowest BCUT2D eigenvalue weighted by Crippen LogP contribution is -2.08. The van der Waals surface area contributed by atoms with Crippen LogP contribution in [-0.2, 0) is 4.74 Å². The van der Waals surface area contributed by atoms with Gasteiger partial charge in [-0.1, -0.05) is 12.1 Å². The van der Waals surface area contributed by atoms with Crippen molar-refractivity contribution < 1.29 is 9.53 Å². The van der Waals surface area contributed by atoms with E-state index in [-0.39, 0.29) is 18.4 Å². The summed E-state index contributed by atoms with van der Waals surface area (Å²) in [5.41, 5.74) is 1.87. The summed E-state index contributed by atoms with van der Waals surface area (Å²) in [5.74, 6) is 0.275. The van der Waals surface area contributed by atoms with Crippen molar-refractivity contribution in [3.05, 3.63) is 35.4 Å². The minimum atomic E-state index is -0.261. The van der Waals surface area contributed by atoms with Crippen molar-refractivity contribution in [2.75, 3.05) is 20.2 Å². The minimum absolute atomic E-state index is 0. The van der Waals surface area contributed by atoms with E-state index >= 15 is 0 Å². The molecule has 0 bridgehead atoms. The number of carbonyl (C=O) groups is 1. The number of benzene rings is 1. The van der Waals surface area contributed by atoms with Crippen LogP contribution < -0.4 is 5.32 Å². The zero-order valence-corrected chi connectivity index (χ0v) is 10.0. The van der Waals surface area contributed by atoms with Crippen molar-refractivity contribution in [2.24, 2.45) is 0 Å². The van der Waals surface area contributed by atoms with Crippen LogP contribution in [0.1, 0.15) is 28.3 Å². The molecule has 0 radical (unpaired) electrons. The van der Waals surface area contributed by atoms with Gasteiger partial charge in [0.25, 0.3) is 0 Å². The van der Waals surface area contributed by atoms with Gasteiger partial charge >= 0.3 is 5.97 Å². The van der Waals surface area contributed by atoms with Crippen LogP contribution in [0.2, 0.25) is 0 Å². The molecule has 1 aromatic rings. The molecule has 0 aliphatic carbocycles. The van der Waals surface area contributed by atoms with E-state index in [2.05, 4.69) is 11.4 Å². The maximum Gasteiger partial charge on any atom is 0.337 e. The van der Waals surface area contributed by atoms with Crippen molar-refractivity contribution in [1.29, 1.82) is 0 Å². The van der Waals surface area contributed by atoms with Crippen molar-refractivity contribution >= 4 is 18.4 Å². The number of hydrogen-bond donors (Lipinski definition) is 1. The van der Waals surface area contributed by atoms with Gasteiger partial charge in [0.1, 0.15) is 0 Å². The Bertz CT molecular complexity index is 362. The molecule has 1 fully saturated rings. The number of methoxy groups -OCH3 is 1. The Hall–Kier alpha value is -1.06. The van der Waals surface area contributed by atoms with Crippen LogP contribution >= 0.6 is 12.4 Å². The first-order chi connectivity index (χ1) is 7.31. The van der Waals surface area contributed by atoms with E-state index in [4.69, 9.17) is 4.74 Å². The molecule has 88 valence electrons. The third kappa shape index (κ3) is 2.74. The van der Waals surface area contributed by atoms with Gasteiger partial charge in [-0.05, 0) is 36.6 Å². The van der Waals surface area contributed by atoms with Crippen LogP contribution in [-0.4, -0.2) is 26.2 Å². The van der Waals surface area contributed by atoms with Gasteiger partial charge in [0.05, 0.1) is 12.7 Å². The number of ether oxygens (including phenoxy) is 1. The van der Waals surface area contributed by atoms with Gasteiger partial charge < -0.3 is 10.1 Å². The molecular weight excluding hydrogens is 226 g/mol. The van der Waals surface area contributed by atoms with Crippen molar-refractivity contribution in [3.8, 4) is 0 Å². The zero-order valence-electron chi connectivity index (χ0n) is 9.23. The predicted octanol–water partition coefficient (Wildman–Crippen LogP) is 1.97. The number of esters is 1. The molecule has 4 heteroatoms. The smallest absolute Gasteiger partial charge is 0.337 e. The molecule has 1 saturated heterocycles. The molecule has 1 aromatic carbocycles. The fourth-order valence-corrected chi connectivity index (χ4v) is 1.98. The van der Waals surface area contributed by atoms with Crippen molar-refractivity contribution in [2.45, 2.75) is 12.3 Å².